The number of benzene rings is 1. The number of nitrogens with zero attached hydrogens (tertiary/aromatic N) is 3. The number of rotatable bonds is 7. The summed E-state index contributed by atoms with van der Waals surface area (Å²) in [5.41, 5.74) is 2.92. The fourth-order valence-electron chi connectivity index (χ4n) is 3.38. The Labute approximate surface area is 190 Å². The van der Waals surface area contributed by atoms with E-state index in [4.69, 9.17) is 4.98 Å². The SMILES string of the molecule is CC(C)n1ncc2c(C(=O)NCc3ccccc3NS(C)(=O)=O)cc(-c3cccs3)nc21. The summed E-state index contributed by atoms with van der Waals surface area (Å²) in [4.78, 5) is 18.9. The Bertz CT molecular complexity index is 1380. The molecule has 4 aromatic rings. The number of para-hydroxylation sites is 1. The van der Waals surface area contributed by atoms with Crippen molar-refractivity contribution in [3.05, 3.63) is 65.2 Å². The number of nitrogens with one attached hydrogen (secondary N) is 2. The molecular formula is C22H23N5O3S2. The third kappa shape index (κ3) is 4.66. The van der Waals surface area contributed by atoms with Crippen LogP contribution in [0.25, 0.3) is 21.6 Å². The van der Waals surface area contributed by atoms with Gasteiger partial charge in [-0.2, -0.15) is 5.10 Å². The lowest BCUT2D eigenvalue weighted by Crippen LogP contribution is -2.24. The number of aromatic nitrogens is 3. The van der Waals surface area contributed by atoms with Gasteiger partial charge in [-0.1, -0.05) is 24.3 Å². The third-order valence-electron chi connectivity index (χ3n) is 4.83. The average Bonchev–Trinajstić information content (AvgIpc) is 3.41. The molecule has 8 nitrogen and oxygen atoms in total. The van der Waals surface area contributed by atoms with Gasteiger partial charge in [0, 0.05) is 12.6 Å². The zero-order chi connectivity index (χ0) is 22.9. The Morgan fingerprint density at radius 3 is 2.66 bits per heavy atom. The molecule has 3 heterocycles. The van der Waals surface area contributed by atoms with Crippen LogP contribution in [0, 0.1) is 0 Å². The second-order valence-electron chi connectivity index (χ2n) is 7.67. The number of sulfonamides is 1. The van der Waals surface area contributed by atoms with Crippen LogP contribution in [0.3, 0.4) is 0 Å². The van der Waals surface area contributed by atoms with Crippen LogP contribution < -0.4 is 10.0 Å². The highest BCUT2D eigenvalue weighted by Gasteiger charge is 2.19. The molecule has 0 saturated carbocycles. The van der Waals surface area contributed by atoms with Crippen LogP contribution in [0.1, 0.15) is 35.8 Å². The summed E-state index contributed by atoms with van der Waals surface area (Å²) in [5.74, 6) is -0.285. The molecule has 10 heteroatoms. The molecule has 0 fully saturated rings. The zero-order valence-electron chi connectivity index (χ0n) is 17.9. The maximum Gasteiger partial charge on any atom is 0.252 e. The normalized spacial score (nSPS) is 11.8. The molecule has 0 atom stereocenters. The predicted molar refractivity (Wildman–Crippen MR) is 127 cm³/mol. The Kier molecular flexibility index (Phi) is 5.98. The van der Waals surface area contributed by atoms with E-state index in [1.165, 1.54) is 0 Å². The van der Waals surface area contributed by atoms with Gasteiger partial charge >= 0.3 is 0 Å². The summed E-state index contributed by atoms with van der Waals surface area (Å²) in [5, 5.41) is 9.97. The van der Waals surface area contributed by atoms with Crippen LogP contribution in [0.15, 0.2) is 54.0 Å². The highest BCUT2D eigenvalue weighted by Crippen LogP contribution is 2.29. The summed E-state index contributed by atoms with van der Waals surface area (Å²) in [6.07, 6.45) is 2.75. The van der Waals surface area contributed by atoms with Crippen LogP contribution in [-0.4, -0.2) is 35.3 Å². The van der Waals surface area contributed by atoms with E-state index >= 15 is 0 Å². The Morgan fingerprint density at radius 1 is 1.19 bits per heavy atom. The minimum atomic E-state index is -3.44. The van der Waals surface area contributed by atoms with Crippen molar-refractivity contribution in [1.29, 1.82) is 0 Å². The van der Waals surface area contributed by atoms with Gasteiger partial charge in [0.2, 0.25) is 10.0 Å². The second-order valence-corrected chi connectivity index (χ2v) is 10.4. The first kappa shape index (κ1) is 22.0. The number of hydrogen-bond acceptors (Lipinski definition) is 6. The highest BCUT2D eigenvalue weighted by molar-refractivity contribution is 7.92. The standard InChI is InChI=1S/C22H23N5O3S2/c1-14(2)27-21-17(13-24-27)16(11-19(25-21)20-9-6-10-31-20)22(28)23-12-15-7-4-5-8-18(15)26-32(3,29)30/h4-11,13-14,26H,12H2,1-3H3,(H,23,28). The molecule has 0 aliphatic carbocycles. The van der Waals surface area contributed by atoms with Crippen molar-refractivity contribution in [1.82, 2.24) is 20.1 Å². The molecule has 4 rings (SSSR count). The van der Waals surface area contributed by atoms with Gasteiger partial charge in [-0.05, 0) is 43.0 Å². The quantitative estimate of drug-likeness (QED) is 0.425. The van der Waals surface area contributed by atoms with Gasteiger partial charge in [-0.15, -0.1) is 11.3 Å². The number of fused-ring (bicyclic) bond motifs is 1. The van der Waals surface area contributed by atoms with Crippen LogP contribution in [-0.2, 0) is 16.6 Å². The van der Waals surface area contributed by atoms with E-state index in [1.54, 1.807) is 52.5 Å². The van der Waals surface area contributed by atoms with Crippen molar-refractivity contribution in [2.75, 3.05) is 11.0 Å². The van der Waals surface area contributed by atoms with E-state index in [1.807, 2.05) is 31.4 Å². The largest absolute Gasteiger partial charge is 0.348 e. The highest BCUT2D eigenvalue weighted by atomic mass is 32.2. The van der Waals surface area contributed by atoms with Crippen molar-refractivity contribution >= 4 is 44.0 Å². The summed E-state index contributed by atoms with van der Waals surface area (Å²) in [7, 11) is -3.44. The number of thiophene rings is 1. The molecule has 1 aromatic carbocycles. The maximum absolute atomic E-state index is 13.2. The first-order chi connectivity index (χ1) is 15.2. The van der Waals surface area contributed by atoms with E-state index in [2.05, 4.69) is 15.1 Å². The molecule has 0 unspecified atom stereocenters. The van der Waals surface area contributed by atoms with Gasteiger partial charge < -0.3 is 5.32 Å². The van der Waals surface area contributed by atoms with Crippen LogP contribution in [0.4, 0.5) is 5.69 Å². The fourth-order valence-corrected chi connectivity index (χ4v) is 4.66. The van der Waals surface area contributed by atoms with Gasteiger partial charge in [0.25, 0.3) is 5.91 Å². The van der Waals surface area contributed by atoms with Gasteiger partial charge in [-0.25, -0.2) is 18.1 Å². The Hall–Kier alpha value is -3.24. The molecule has 166 valence electrons. The summed E-state index contributed by atoms with van der Waals surface area (Å²) >= 11 is 1.55. The summed E-state index contributed by atoms with van der Waals surface area (Å²) < 4.78 is 27.6. The monoisotopic (exact) mass is 469 g/mol. The molecular weight excluding hydrogens is 446 g/mol. The van der Waals surface area contributed by atoms with E-state index in [0.29, 0.717) is 33.5 Å². The lowest BCUT2D eigenvalue weighted by Gasteiger charge is -2.13. The first-order valence-electron chi connectivity index (χ1n) is 9.99. The van der Waals surface area contributed by atoms with Crippen LogP contribution in [0.2, 0.25) is 0 Å². The van der Waals surface area contributed by atoms with Crippen molar-refractivity contribution in [3.63, 3.8) is 0 Å². The predicted octanol–water partition coefficient (Wildman–Crippen LogP) is 4.04. The summed E-state index contributed by atoms with van der Waals surface area (Å²) in [6, 6.07) is 12.7. The Balaban J connectivity index is 1.69. The van der Waals surface area contributed by atoms with Crippen LogP contribution >= 0.6 is 11.3 Å². The molecule has 3 aromatic heterocycles. The minimum absolute atomic E-state index is 0.0865. The second kappa shape index (κ2) is 8.71. The molecule has 0 bridgehead atoms. The molecule has 0 radical (unpaired) electrons. The van der Waals surface area contributed by atoms with Gasteiger partial charge in [0.15, 0.2) is 5.65 Å². The molecule has 0 spiro atoms. The van der Waals surface area contributed by atoms with Crippen molar-refractivity contribution < 1.29 is 13.2 Å². The lowest BCUT2D eigenvalue weighted by molar-refractivity contribution is 0.0952. The number of amides is 1. The van der Waals surface area contributed by atoms with E-state index < -0.39 is 10.0 Å². The van der Waals surface area contributed by atoms with Gasteiger partial charge in [-0.3, -0.25) is 9.52 Å². The summed E-state index contributed by atoms with van der Waals surface area (Å²) in [6.45, 7) is 4.18. The number of anilines is 1. The number of carbonyl (C=O) groups is 1. The molecule has 0 saturated heterocycles. The molecule has 0 aliphatic heterocycles. The number of hydrogen-bond donors (Lipinski definition) is 2. The first-order valence-corrected chi connectivity index (χ1v) is 12.8. The van der Waals surface area contributed by atoms with Crippen molar-refractivity contribution in [3.8, 4) is 10.6 Å². The molecule has 0 aliphatic rings. The van der Waals surface area contributed by atoms with E-state index in [9.17, 15) is 13.2 Å². The van der Waals surface area contributed by atoms with Gasteiger partial charge in [0.1, 0.15) is 0 Å². The van der Waals surface area contributed by atoms with Crippen molar-refractivity contribution in [2.45, 2.75) is 26.4 Å². The smallest absolute Gasteiger partial charge is 0.252 e. The fraction of sp³-hybridized carbons (Fsp3) is 0.227. The van der Waals surface area contributed by atoms with Crippen LogP contribution in [0.5, 0.6) is 0 Å². The van der Waals surface area contributed by atoms with Crippen molar-refractivity contribution in [2.24, 2.45) is 0 Å². The average molecular weight is 470 g/mol. The molecule has 2 N–H and O–H groups in total. The Morgan fingerprint density at radius 2 is 1.97 bits per heavy atom. The molecule has 32 heavy (non-hydrogen) atoms. The minimum Gasteiger partial charge on any atom is -0.348 e. The number of carbonyl (C=O) groups excluding carboxylic acids is 1. The van der Waals surface area contributed by atoms with Gasteiger partial charge in [0.05, 0.1) is 39.7 Å². The van der Waals surface area contributed by atoms with E-state index in [0.717, 1.165) is 11.1 Å². The number of pyridine rings is 1. The topological polar surface area (TPSA) is 106 Å². The lowest BCUT2D eigenvalue weighted by atomic mass is 10.1. The maximum atomic E-state index is 13.2. The zero-order valence-corrected chi connectivity index (χ0v) is 19.5. The molecule has 1 amide bonds. The third-order valence-corrected chi connectivity index (χ3v) is 6.31. The van der Waals surface area contributed by atoms with E-state index in [-0.39, 0.29) is 18.5 Å².